The third-order valence-corrected chi connectivity index (χ3v) is 9.31. The van der Waals surface area contributed by atoms with Crippen molar-refractivity contribution >= 4 is 32.8 Å². The van der Waals surface area contributed by atoms with Gasteiger partial charge in [0.1, 0.15) is 17.1 Å². The summed E-state index contributed by atoms with van der Waals surface area (Å²) < 4.78 is 31.3. The molecule has 4 aliphatic rings. The first-order valence-corrected chi connectivity index (χ1v) is 13.3. The minimum Gasteiger partial charge on any atom is -0.511 e. The number of carbonyl (C=O) groups is 1. The van der Waals surface area contributed by atoms with Crippen LogP contribution in [0.5, 0.6) is 0 Å². The average Bonchev–Trinajstić information content (AvgIpc) is 3.40. The van der Waals surface area contributed by atoms with Crippen molar-refractivity contribution in [1.82, 2.24) is 4.90 Å². The number of aliphatic imine (C=N–C) groups is 1. The number of nitrogen functional groups attached to an aromatic ring is 1. The number of amidine groups is 1. The van der Waals surface area contributed by atoms with Gasteiger partial charge in [-0.3, -0.25) is 4.79 Å². The molecule has 0 radical (unpaired) electrons. The molecule has 176 valence electrons. The second-order valence-corrected chi connectivity index (χ2v) is 12.0. The summed E-state index contributed by atoms with van der Waals surface area (Å²) in [7, 11) is -2.92. The number of aliphatic hydroxyl groups is 1. The zero-order valence-electron chi connectivity index (χ0n) is 18.6. The van der Waals surface area contributed by atoms with Crippen LogP contribution in [0.2, 0.25) is 0 Å². The molecule has 2 aliphatic carbocycles. The fourth-order valence-corrected chi connectivity index (χ4v) is 7.62. The van der Waals surface area contributed by atoms with E-state index in [0.29, 0.717) is 28.7 Å². The van der Waals surface area contributed by atoms with Crippen molar-refractivity contribution in [3.05, 3.63) is 65.2 Å². The van der Waals surface area contributed by atoms with Crippen molar-refractivity contribution in [3.63, 3.8) is 0 Å². The lowest BCUT2D eigenvalue weighted by atomic mass is 9.77. The zero-order valence-corrected chi connectivity index (χ0v) is 19.5. The number of nitrogens with two attached hydrogens (primary N) is 1. The van der Waals surface area contributed by atoms with Gasteiger partial charge in [0.25, 0.3) is 5.91 Å². The number of aliphatic hydroxyl groups excluding tert-OH is 1. The van der Waals surface area contributed by atoms with Crippen LogP contribution in [0.3, 0.4) is 0 Å². The summed E-state index contributed by atoms with van der Waals surface area (Å²) in [5.74, 6) is -0.329. The summed E-state index contributed by atoms with van der Waals surface area (Å²) in [6.07, 6.45) is 4.46. The Morgan fingerprint density at radius 1 is 1.18 bits per heavy atom. The number of rotatable bonds is 3. The predicted molar refractivity (Wildman–Crippen MR) is 127 cm³/mol. The Hall–Kier alpha value is -3.20. The number of benzene rings is 2. The number of hydrogen-bond donors (Lipinski definition) is 2. The number of amides is 1. The van der Waals surface area contributed by atoms with Gasteiger partial charge in [-0.25, -0.2) is 13.6 Å². The van der Waals surface area contributed by atoms with Gasteiger partial charge >= 0.3 is 0 Å². The summed E-state index contributed by atoms with van der Waals surface area (Å²) in [4.78, 5) is 20.6. The first-order valence-electron chi connectivity index (χ1n) is 11.4. The van der Waals surface area contributed by atoms with Crippen LogP contribution in [0.15, 0.2) is 68.0 Å². The molecule has 0 spiro atoms. The van der Waals surface area contributed by atoms with Gasteiger partial charge in [-0.05, 0) is 67.0 Å². The highest BCUT2D eigenvalue weighted by atomic mass is 32.2. The largest absolute Gasteiger partial charge is 0.511 e. The van der Waals surface area contributed by atoms with Gasteiger partial charge in [0.05, 0.1) is 20.3 Å². The zero-order chi connectivity index (χ0) is 23.8. The molecule has 5 atom stereocenters. The third kappa shape index (κ3) is 3.17. The highest BCUT2D eigenvalue weighted by Gasteiger charge is 2.57. The van der Waals surface area contributed by atoms with Crippen molar-refractivity contribution in [2.24, 2.45) is 27.1 Å². The molecule has 9 heteroatoms. The summed E-state index contributed by atoms with van der Waals surface area (Å²) >= 11 is 0. The van der Waals surface area contributed by atoms with E-state index >= 15 is 0 Å². The van der Waals surface area contributed by atoms with Gasteiger partial charge in [-0.15, -0.1) is 0 Å². The van der Waals surface area contributed by atoms with Gasteiger partial charge in [0.2, 0.25) is 0 Å². The molecular weight excluding hydrogens is 455 g/mol. The van der Waals surface area contributed by atoms with Crippen molar-refractivity contribution in [1.29, 1.82) is 0 Å². The van der Waals surface area contributed by atoms with Crippen molar-refractivity contribution in [3.8, 4) is 0 Å². The van der Waals surface area contributed by atoms with Crippen molar-refractivity contribution < 1.29 is 18.5 Å². The molecule has 6 rings (SSSR count). The quantitative estimate of drug-likeness (QED) is 0.643. The van der Waals surface area contributed by atoms with E-state index in [9.17, 15) is 18.5 Å². The van der Waals surface area contributed by atoms with Crippen molar-refractivity contribution in [2.75, 3.05) is 12.0 Å². The Morgan fingerprint density at radius 3 is 2.68 bits per heavy atom. The molecule has 7 nitrogen and oxygen atoms in total. The number of nitrogens with zero attached hydrogens (tertiary/aromatic N) is 3. The third-order valence-electron chi connectivity index (χ3n) is 7.65. The molecule has 2 fully saturated rings. The highest BCUT2D eigenvalue weighted by Crippen LogP contribution is 2.55. The van der Waals surface area contributed by atoms with E-state index in [1.54, 1.807) is 35.2 Å². The van der Waals surface area contributed by atoms with Crippen LogP contribution in [-0.2, 0) is 21.1 Å². The number of carbonyl (C=O) groups excluding carboxylic acids is 1. The van der Waals surface area contributed by atoms with E-state index in [2.05, 4.69) is 9.36 Å². The molecule has 5 unspecified atom stereocenters. The second-order valence-electron chi connectivity index (χ2n) is 9.73. The Bertz CT molecular complexity index is 1410. The van der Waals surface area contributed by atoms with Crippen LogP contribution in [0, 0.1) is 23.6 Å². The maximum atomic E-state index is 13.9. The van der Waals surface area contributed by atoms with E-state index in [-0.39, 0.29) is 46.8 Å². The maximum Gasteiger partial charge on any atom is 0.261 e. The topological polar surface area (TPSA) is 108 Å². The van der Waals surface area contributed by atoms with Gasteiger partial charge in [-0.1, -0.05) is 12.1 Å². The molecule has 0 aromatic heterocycles. The maximum absolute atomic E-state index is 13.9. The van der Waals surface area contributed by atoms with Gasteiger partial charge in [-0.2, -0.15) is 4.36 Å². The number of hydrogen-bond acceptors (Lipinski definition) is 6. The molecule has 0 saturated heterocycles. The molecule has 2 bridgehead atoms. The number of halogens is 1. The summed E-state index contributed by atoms with van der Waals surface area (Å²) in [5.41, 5.74) is 7.58. The predicted octanol–water partition coefficient (Wildman–Crippen LogP) is 4.18. The Kier molecular flexibility index (Phi) is 4.64. The summed E-state index contributed by atoms with van der Waals surface area (Å²) in [5, 5.41) is 11.4. The van der Waals surface area contributed by atoms with Gasteiger partial charge < -0.3 is 15.7 Å². The molecular formula is C25H25FN4O3S. The number of anilines is 1. The van der Waals surface area contributed by atoms with Gasteiger partial charge in [0, 0.05) is 30.4 Å². The molecule has 1 amide bonds. The molecule has 3 N–H and O–H groups in total. The van der Waals surface area contributed by atoms with Crippen LogP contribution >= 0.6 is 0 Å². The second kappa shape index (κ2) is 7.40. The Morgan fingerprint density at radius 2 is 1.91 bits per heavy atom. The molecule has 2 aliphatic heterocycles. The van der Waals surface area contributed by atoms with Crippen LogP contribution in [-0.4, -0.2) is 38.3 Å². The monoisotopic (exact) mass is 480 g/mol. The molecule has 2 saturated carbocycles. The first kappa shape index (κ1) is 21.3. The SMILES string of the molecule is CS1(=O)=NC(C2=C(O)C3C4CCC(C4)C3N(Cc3ccc(F)cc3)C2=O)=Nc2ccc(N)cc21. The Labute approximate surface area is 197 Å². The molecule has 2 heterocycles. The lowest BCUT2D eigenvalue weighted by Gasteiger charge is -2.43. The van der Waals surface area contributed by atoms with Crippen molar-refractivity contribution in [2.45, 2.75) is 36.7 Å². The lowest BCUT2D eigenvalue weighted by molar-refractivity contribution is -0.134. The molecule has 34 heavy (non-hydrogen) atoms. The number of fused-ring (bicyclic) bond motifs is 6. The minimum absolute atomic E-state index is 0.00222. The van der Waals surface area contributed by atoms with Crippen LogP contribution in [0.25, 0.3) is 0 Å². The summed E-state index contributed by atoms with van der Waals surface area (Å²) in [6.45, 7) is 0.294. The first-order chi connectivity index (χ1) is 16.2. The summed E-state index contributed by atoms with van der Waals surface area (Å²) in [6, 6.07) is 10.9. The Balaban J connectivity index is 1.48. The van der Waals surface area contributed by atoms with Crippen LogP contribution < -0.4 is 5.73 Å². The van der Waals surface area contributed by atoms with Gasteiger partial charge in [0.15, 0.2) is 5.84 Å². The minimum atomic E-state index is -2.92. The molecule has 2 aromatic rings. The van der Waals surface area contributed by atoms with E-state index in [4.69, 9.17) is 5.73 Å². The van der Waals surface area contributed by atoms with E-state index in [1.165, 1.54) is 18.4 Å². The van der Waals surface area contributed by atoms with Crippen LogP contribution in [0.4, 0.5) is 15.8 Å². The highest BCUT2D eigenvalue weighted by molar-refractivity contribution is 7.93. The van der Waals surface area contributed by atoms with E-state index in [0.717, 1.165) is 24.8 Å². The van der Waals surface area contributed by atoms with E-state index < -0.39 is 9.73 Å². The fourth-order valence-electron chi connectivity index (χ4n) is 6.20. The molecule has 2 aromatic carbocycles. The average molecular weight is 481 g/mol. The van der Waals surface area contributed by atoms with Crippen LogP contribution in [0.1, 0.15) is 24.8 Å². The smallest absolute Gasteiger partial charge is 0.261 e. The lowest BCUT2D eigenvalue weighted by Crippen LogP contribution is -2.53. The normalized spacial score (nSPS) is 31.8. The van der Waals surface area contributed by atoms with E-state index in [1.807, 2.05) is 0 Å². The fraction of sp³-hybridized carbons (Fsp3) is 0.360. The standard InChI is InChI=1S/C25H25FN4O3S/c1-34(33)19-11-17(27)8-9-18(19)28-24(29-34)21-23(31)20-14-4-5-15(10-14)22(20)30(25(21)32)12-13-2-6-16(26)7-3-13/h2-3,6-9,11,14-15,20,22,31H,4-5,10,12,27H2,1H3.